The van der Waals surface area contributed by atoms with Gasteiger partial charge in [0.1, 0.15) is 12.4 Å². The van der Waals surface area contributed by atoms with Gasteiger partial charge in [-0.1, -0.05) is 111 Å². The molecule has 0 radical (unpaired) electrons. The van der Waals surface area contributed by atoms with Gasteiger partial charge in [0.2, 0.25) is 5.91 Å². The third-order valence-corrected chi connectivity index (χ3v) is 7.30. The lowest BCUT2D eigenvalue weighted by Crippen LogP contribution is -2.39. The Bertz CT molecular complexity index is 1680. The number of halogens is 1. The number of aromatic nitrogens is 2. The molecule has 0 atom stereocenters. The average molecular weight is 565 g/mol. The molecule has 0 aliphatic heterocycles. The lowest BCUT2D eigenvalue weighted by molar-refractivity contribution is -0.116. The van der Waals surface area contributed by atoms with Crippen LogP contribution in [0.1, 0.15) is 42.4 Å². The van der Waals surface area contributed by atoms with Gasteiger partial charge in [-0.2, -0.15) is 5.10 Å². The van der Waals surface area contributed by atoms with Crippen molar-refractivity contribution in [3.63, 3.8) is 0 Å². The highest BCUT2D eigenvalue weighted by Gasteiger charge is 2.25. The highest BCUT2D eigenvalue weighted by atomic mass is 35.5. The summed E-state index contributed by atoms with van der Waals surface area (Å²) >= 11 is 6.51. The molecule has 0 unspecified atom stereocenters. The van der Waals surface area contributed by atoms with E-state index in [9.17, 15) is 9.59 Å². The van der Waals surface area contributed by atoms with Crippen LogP contribution in [0.4, 0.5) is 5.82 Å². The van der Waals surface area contributed by atoms with E-state index >= 15 is 0 Å². The van der Waals surface area contributed by atoms with Crippen LogP contribution in [0.15, 0.2) is 103 Å². The maximum absolute atomic E-state index is 13.9. The predicted octanol–water partition coefficient (Wildman–Crippen LogP) is 7.30. The summed E-state index contributed by atoms with van der Waals surface area (Å²) in [6.45, 7) is 6.45. The molecule has 41 heavy (non-hydrogen) atoms. The van der Waals surface area contributed by atoms with Crippen LogP contribution >= 0.6 is 11.6 Å². The molecule has 0 bridgehead atoms. The number of para-hydroxylation sites is 1. The van der Waals surface area contributed by atoms with Crippen molar-refractivity contribution in [3.05, 3.63) is 125 Å². The van der Waals surface area contributed by atoms with Gasteiger partial charge >= 0.3 is 0 Å². The monoisotopic (exact) mass is 564 g/mol. The third kappa shape index (κ3) is 6.50. The van der Waals surface area contributed by atoms with E-state index in [0.717, 1.165) is 22.0 Å². The molecule has 6 nitrogen and oxygen atoms in total. The van der Waals surface area contributed by atoms with E-state index in [1.807, 2.05) is 97.1 Å². The second kappa shape index (κ2) is 12.0. The maximum Gasteiger partial charge on any atom is 0.254 e. The van der Waals surface area contributed by atoms with Gasteiger partial charge in [-0.05, 0) is 41.0 Å². The molecule has 1 heterocycles. The van der Waals surface area contributed by atoms with Gasteiger partial charge in [0.05, 0.1) is 16.4 Å². The lowest BCUT2D eigenvalue weighted by Gasteiger charge is -2.23. The molecule has 0 spiro atoms. The number of benzene rings is 4. The van der Waals surface area contributed by atoms with E-state index in [4.69, 9.17) is 16.7 Å². The van der Waals surface area contributed by atoms with Gasteiger partial charge < -0.3 is 10.2 Å². The highest BCUT2D eigenvalue weighted by molar-refractivity contribution is 6.32. The Hall–Kier alpha value is -4.42. The number of fused-ring (bicyclic) bond motifs is 1. The van der Waals surface area contributed by atoms with Gasteiger partial charge in [-0.25, -0.2) is 4.68 Å². The Balaban J connectivity index is 1.45. The first-order chi connectivity index (χ1) is 19.7. The number of rotatable bonds is 8. The molecular formula is C34H33ClN4O2. The molecule has 0 aliphatic carbocycles. The molecule has 1 aromatic heterocycles. The predicted molar refractivity (Wildman–Crippen MR) is 166 cm³/mol. The summed E-state index contributed by atoms with van der Waals surface area (Å²) in [5.41, 5.74) is 2.88. The van der Waals surface area contributed by atoms with E-state index in [2.05, 4.69) is 26.1 Å². The molecule has 0 fully saturated rings. The van der Waals surface area contributed by atoms with Gasteiger partial charge in [0.25, 0.3) is 5.91 Å². The van der Waals surface area contributed by atoms with Crippen molar-refractivity contribution in [1.29, 1.82) is 0 Å². The number of hydrogen-bond acceptors (Lipinski definition) is 3. The fourth-order valence-corrected chi connectivity index (χ4v) is 4.96. The van der Waals surface area contributed by atoms with Gasteiger partial charge in [0, 0.05) is 23.6 Å². The number of nitrogens with zero attached hydrogens (tertiary/aromatic N) is 3. The molecule has 5 rings (SSSR count). The summed E-state index contributed by atoms with van der Waals surface area (Å²) in [5.74, 6) is -0.0168. The first-order valence-corrected chi connectivity index (χ1v) is 14.0. The van der Waals surface area contributed by atoms with E-state index in [1.54, 1.807) is 15.6 Å². The summed E-state index contributed by atoms with van der Waals surface area (Å²) in [6.07, 6.45) is 0.621. The highest BCUT2D eigenvalue weighted by Crippen LogP contribution is 2.29. The van der Waals surface area contributed by atoms with Crippen LogP contribution in [-0.2, 0) is 16.6 Å². The molecule has 4 aromatic carbocycles. The summed E-state index contributed by atoms with van der Waals surface area (Å²) in [4.78, 5) is 29.1. The smallest absolute Gasteiger partial charge is 0.254 e. The van der Waals surface area contributed by atoms with Gasteiger partial charge in [-0.3, -0.25) is 9.59 Å². The molecule has 1 N–H and O–H groups in total. The summed E-state index contributed by atoms with van der Waals surface area (Å²) in [7, 11) is 0. The minimum Gasteiger partial charge on any atom is -0.329 e. The lowest BCUT2D eigenvalue weighted by atomic mass is 9.92. The zero-order valence-electron chi connectivity index (χ0n) is 23.5. The van der Waals surface area contributed by atoms with E-state index in [0.29, 0.717) is 35.1 Å². The molecule has 0 aliphatic rings. The first-order valence-electron chi connectivity index (χ1n) is 13.7. The molecule has 0 saturated heterocycles. The van der Waals surface area contributed by atoms with Crippen LogP contribution in [0.5, 0.6) is 0 Å². The van der Waals surface area contributed by atoms with Crippen molar-refractivity contribution in [2.45, 2.75) is 32.6 Å². The summed E-state index contributed by atoms with van der Waals surface area (Å²) in [5, 5.41) is 10.1. The first kappa shape index (κ1) is 28.1. The maximum atomic E-state index is 13.9. The zero-order chi connectivity index (χ0) is 29.0. The van der Waals surface area contributed by atoms with Gasteiger partial charge in [0.15, 0.2) is 0 Å². The number of amides is 2. The van der Waals surface area contributed by atoms with Crippen molar-refractivity contribution in [1.82, 2.24) is 14.7 Å². The van der Waals surface area contributed by atoms with Crippen molar-refractivity contribution < 1.29 is 9.59 Å². The van der Waals surface area contributed by atoms with Crippen LogP contribution in [0.25, 0.3) is 16.5 Å². The van der Waals surface area contributed by atoms with Crippen LogP contribution in [-0.4, -0.2) is 39.6 Å². The number of anilines is 1. The number of carbonyl (C=O) groups excluding carboxylic acids is 2. The molecular weight excluding hydrogens is 532 g/mol. The van der Waals surface area contributed by atoms with Crippen LogP contribution in [0.3, 0.4) is 0 Å². The zero-order valence-corrected chi connectivity index (χ0v) is 24.2. The molecule has 5 aromatic rings. The second-order valence-corrected chi connectivity index (χ2v) is 11.5. The molecule has 2 amide bonds. The second-order valence-electron chi connectivity index (χ2n) is 11.1. The summed E-state index contributed by atoms with van der Waals surface area (Å²) in [6, 6.07) is 32.7. The van der Waals surface area contributed by atoms with Crippen LogP contribution in [0, 0.1) is 0 Å². The summed E-state index contributed by atoms with van der Waals surface area (Å²) < 4.78 is 1.65. The SMILES string of the molecule is CC(C)(C)c1cc(NC(=O)CN(CCc2ccccc2)C(=O)c2cccc3ccccc23)n(-c2ccccc2Cl)n1. The Morgan fingerprint density at radius 3 is 2.32 bits per heavy atom. The van der Waals surface area contributed by atoms with Crippen LogP contribution in [0.2, 0.25) is 5.02 Å². The minimum absolute atomic E-state index is 0.118. The third-order valence-electron chi connectivity index (χ3n) is 6.98. The van der Waals surface area contributed by atoms with Crippen molar-refractivity contribution >= 4 is 40.0 Å². The Kier molecular flexibility index (Phi) is 8.22. The Morgan fingerprint density at radius 1 is 0.878 bits per heavy atom. The molecule has 7 heteroatoms. The van der Waals surface area contributed by atoms with E-state index in [1.165, 1.54) is 0 Å². The van der Waals surface area contributed by atoms with Crippen molar-refractivity contribution in [2.24, 2.45) is 0 Å². The van der Waals surface area contributed by atoms with E-state index in [-0.39, 0.29) is 23.8 Å². The average Bonchev–Trinajstić information content (AvgIpc) is 3.39. The largest absolute Gasteiger partial charge is 0.329 e. The normalized spacial score (nSPS) is 11.4. The van der Waals surface area contributed by atoms with Crippen molar-refractivity contribution in [2.75, 3.05) is 18.4 Å². The Labute approximate surface area is 245 Å². The standard InChI is InChI=1S/C34H33ClN4O2/c1-34(2,3)30-22-31(39(37-30)29-19-10-9-18-28(29)35)36-32(40)23-38(21-20-24-12-5-4-6-13-24)33(41)27-17-11-15-25-14-7-8-16-26(25)27/h4-19,22H,20-21,23H2,1-3H3,(H,36,40). The number of hydrogen-bond donors (Lipinski definition) is 1. The Morgan fingerprint density at radius 2 is 1.56 bits per heavy atom. The van der Waals surface area contributed by atoms with Crippen molar-refractivity contribution in [3.8, 4) is 5.69 Å². The number of carbonyl (C=O) groups is 2. The van der Waals surface area contributed by atoms with Gasteiger partial charge in [-0.15, -0.1) is 0 Å². The van der Waals surface area contributed by atoms with E-state index < -0.39 is 0 Å². The van der Waals surface area contributed by atoms with Crippen LogP contribution < -0.4 is 5.32 Å². The molecule has 208 valence electrons. The number of nitrogens with one attached hydrogen (secondary N) is 1. The molecule has 0 saturated carbocycles. The minimum atomic E-state index is -0.319. The quantitative estimate of drug-likeness (QED) is 0.215. The fraction of sp³-hybridized carbons (Fsp3) is 0.206. The fourth-order valence-electron chi connectivity index (χ4n) is 4.74. The topological polar surface area (TPSA) is 67.2 Å².